The molecule has 0 aliphatic rings. The summed E-state index contributed by atoms with van der Waals surface area (Å²) in [6.45, 7) is 11.0. The van der Waals surface area contributed by atoms with Crippen LogP contribution in [0.5, 0.6) is 0 Å². The largest absolute Gasteiger partial charge is 0.312 e. The molecule has 0 fully saturated rings. The molecule has 1 unspecified atom stereocenters. The van der Waals surface area contributed by atoms with Crippen molar-refractivity contribution in [2.45, 2.75) is 34.2 Å². The monoisotopic (exact) mass is 283 g/mol. The van der Waals surface area contributed by atoms with E-state index >= 15 is 0 Å². The van der Waals surface area contributed by atoms with E-state index in [9.17, 15) is 0 Å². The smallest absolute Gasteiger partial charge is 0.0207 e. The minimum absolute atomic E-state index is 0.730. The van der Waals surface area contributed by atoms with Crippen molar-refractivity contribution in [3.8, 4) is 0 Å². The highest BCUT2D eigenvalue weighted by Gasteiger charge is 2.06. The summed E-state index contributed by atoms with van der Waals surface area (Å²) in [7, 11) is 0. The molecule has 0 saturated carbocycles. The zero-order valence-electron chi connectivity index (χ0n) is 10.7. The van der Waals surface area contributed by atoms with Gasteiger partial charge in [0.2, 0.25) is 0 Å². The van der Waals surface area contributed by atoms with Gasteiger partial charge in [0.05, 0.1) is 0 Å². The zero-order valence-corrected chi connectivity index (χ0v) is 12.3. The average Bonchev–Trinajstić information content (AvgIpc) is 2.23. The third-order valence-corrected chi connectivity index (χ3v) is 4.02. The maximum Gasteiger partial charge on any atom is 0.0207 e. The Balaban J connectivity index is 2.40. The summed E-state index contributed by atoms with van der Waals surface area (Å²) in [4.78, 5) is 0. The summed E-state index contributed by atoms with van der Waals surface area (Å²) in [5.41, 5.74) is 2.63. The van der Waals surface area contributed by atoms with Gasteiger partial charge in [-0.15, -0.1) is 0 Å². The standard InChI is InChI=1S/C14H22BrN/c1-10(2)12(4)8-16-9-13-6-5-11(3)14(15)7-13/h5-7,10,12,16H,8-9H2,1-4H3. The number of rotatable bonds is 5. The van der Waals surface area contributed by atoms with Crippen LogP contribution in [-0.4, -0.2) is 6.54 Å². The highest BCUT2D eigenvalue weighted by Crippen LogP contribution is 2.17. The van der Waals surface area contributed by atoms with Crippen LogP contribution in [0, 0.1) is 18.8 Å². The molecule has 0 heterocycles. The van der Waals surface area contributed by atoms with E-state index in [1.165, 1.54) is 15.6 Å². The third kappa shape index (κ3) is 4.26. The third-order valence-electron chi connectivity index (χ3n) is 3.17. The first kappa shape index (κ1) is 13.7. The Morgan fingerprint density at radius 3 is 2.50 bits per heavy atom. The molecule has 0 amide bonds. The van der Waals surface area contributed by atoms with E-state index in [0.717, 1.165) is 24.9 Å². The van der Waals surface area contributed by atoms with Crippen LogP contribution in [0.15, 0.2) is 22.7 Å². The Bertz CT molecular complexity index is 334. The summed E-state index contributed by atoms with van der Waals surface area (Å²) in [5.74, 6) is 1.48. The van der Waals surface area contributed by atoms with Crippen LogP contribution in [0.1, 0.15) is 31.9 Å². The molecule has 1 nitrogen and oxygen atoms in total. The van der Waals surface area contributed by atoms with Gasteiger partial charge in [-0.3, -0.25) is 0 Å². The second-order valence-electron chi connectivity index (χ2n) is 4.94. The Labute approximate surface area is 108 Å². The van der Waals surface area contributed by atoms with Gasteiger partial charge in [0.1, 0.15) is 0 Å². The fourth-order valence-electron chi connectivity index (χ4n) is 1.43. The highest BCUT2D eigenvalue weighted by atomic mass is 79.9. The molecule has 0 radical (unpaired) electrons. The van der Waals surface area contributed by atoms with E-state index < -0.39 is 0 Å². The van der Waals surface area contributed by atoms with Gasteiger partial charge in [0.15, 0.2) is 0 Å². The summed E-state index contributed by atoms with van der Waals surface area (Å²) in [6.07, 6.45) is 0. The molecule has 0 aromatic heterocycles. The summed E-state index contributed by atoms with van der Waals surface area (Å²) >= 11 is 3.56. The first-order valence-electron chi connectivity index (χ1n) is 5.96. The summed E-state index contributed by atoms with van der Waals surface area (Å²) < 4.78 is 1.20. The second-order valence-corrected chi connectivity index (χ2v) is 5.79. The molecule has 0 aliphatic heterocycles. The van der Waals surface area contributed by atoms with Crippen molar-refractivity contribution >= 4 is 15.9 Å². The van der Waals surface area contributed by atoms with Gasteiger partial charge in [-0.2, -0.15) is 0 Å². The molecule has 1 aromatic rings. The first-order valence-corrected chi connectivity index (χ1v) is 6.75. The predicted molar refractivity (Wildman–Crippen MR) is 74.6 cm³/mol. The van der Waals surface area contributed by atoms with Crippen molar-refractivity contribution in [1.82, 2.24) is 5.32 Å². The Morgan fingerprint density at radius 2 is 1.94 bits per heavy atom. The Hall–Kier alpha value is -0.340. The fraction of sp³-hybridized carbons (Fsp3) is 0.571. The average molecular weight is 284 g/mol. The first-order chi connectivity index (χ1) is 7.50. The van der Waals surface area contributed by atoms with E-state index in [1.54, 1.807) is 0 Å². The van der Waals surface area contributed by atoms with Gasteiger partial charge in [-0.1, -0.05) is 48.8 Å². The van der Waals surface area contributed by atoms with Crippen LogP contribution in [-0.2, 0) is 6.54 Å². The van der Waals surface area contributed by atoms with Gasteiger partial charge in [0, 0.05) is 11.0 Å². The van der Waals surface area contributed by atoms with Crippen molar-refractivity contribution < 1.29 is 0 Å². The topological polar surface area (TPSA) is 12.0 Å². The van der Waals surface area contributed by atoms with Gasteiger partial charge in [0.25, 0.3) is 0 Å². The van der Waals surface area contributed by atoms with Gasteiger partial charge in [-0.05, 0) is 42.5 Å². The quantitative estimate of drug-likeness (QED) is 0.857. The van der Waals surface area contributed by atoms with Crippen LogP contribution in [0.25, 0.3) is 0 Å². The Kier molecular flexibility index (Phi) is 5.50. The normalized spacial score (nSPS) is 13.1. The fourth-order valence-corrected chi connectivity index (χ4v) is 1.85. The van der Waals surface area contributed by atoms with Crippen LogP contribution in [0.3, 0.4) is 0 Å². The van der Waals surface area contributed by atoms with Crippen molar-refractivity contribution in [1.29, 1.82) is 0 Å². The van der Waals surface area contributed by atoms with E-state index in [4.69, 9.17) is 0 Å². The molecule has 0 spiro atoms. The van der Waals surface area contributed by atoms with Crippen molar-refractivity contribution in [2.24, 2.45) is 11.8 Å². The van der Waals surface area contributed by atoms with Crippen molar-refractivity contribution in [3.05, 3.63) is 33.8 Å². The number of hydrogen-bond donors (Lipinski definition) is 1. The second kappa shape index (κ2) is 6.41. The molecule has 16 heavy (non-hydrogen) atoms. The van der Waals surface area contributed by atoms with Crippen LogP contribution < -0.4 is 5.32 Å². The van der Waals surface area contributed by atoms with E-state index in [2.05, 4.69) is 67.1 Å². The lowest BCUT2D eigenvalue weighted by molar-refractivity contribution is 0.392. The maximum atomic E-state index is 3.56. The number of nitrogens with one attached hydrogen (secondary N) is 1. The zero-order chi connectivity index (χ0) is 12.1. The molecule has 0 bridgehead atoms. The number of hydrogen-bond acceptors (Lipinski definition) is 1. The summed E-state index contributed by atoms with van der Waals surface area (Å²) in [6, 6.07) is 6.54. The van der Waals surface area contributed by atoms with Gasteiger partial charge >= 0.3 is 0 Å². The number of halogens is 1. The number of benzene rings is 1. The maximum absolute atomic E-state index is 3.56. The van der Waals surface area contributed by atoms with Crippen LogP contribution >= 0.6 is 15.9 Å². The minimum atomic E-state index is 0.730. The summed E-state index contributed by atoms with van der Waals surface area (Å²) in [5, 5.41) is 3.51. The van der Waals surface area contributed by atoms with Crippen molar-refractivity contribution in [2.75, 3.05) is 6.54 Å². The molecule has 0 aliphatic carbocycles. The van der Waals surface area contributed by atoms with Gasteiger partial charge < -0.3 is 5.32 Å². The van der Waals surface area contributed by atoms with Crippen LogP contribution in [0.4, 0.5) is 0 Å². The molecule has 1 atom stereocenters. The SMILES string of the molecule is Cc1ccc(CNCC(C)C(C)C)cc1Br. The molecule has 90 valence electrons. The lowest BCUT2D eigenvalue weighted by Gasteiger charge is -2.16. The Morgan fingerprint density at radius 1 is 1.25 bits per heavy atom. The molecule has 1 N–H and O–H groups in total. The predicted octanol–water partition coefficient (Wildman–Crippen LogP) is 4.14. The minimum Gasteiger partial charge on any atom is -0.312 e. The van der Waals surface area contributed by atoms with Gasteiger partial charge in [-0.25, -0.2) is 0 Å². The molecule has 1 aromatic carbocycles. The lowest BCUT2D eigenvalue weighted by atomic mass is 9.98. The molecule has 0 saturated heterocycles. The molecule has 2 heteroatoms. The molecule has 1 rings (SSSR count). The lowest BCUT2D eigenvalue weighted by Crippen LogP contribution is -2.23. The van der Waals surface area contributed by atoms with Crippen molar-refractivity contribution in [3.63, 3.8) is 0 Å². The van der Waals surface area contributed by atoms with Crippen LogP contribution in [0.2, 0.25) is 0 Å². The molecular weight excluding hydrogens is 262 g/mol. The van der Waals surface area contributed by atoms with E-state index in [1.807, 2.05) is 0 Å². The van der Waals surface area contributed by atoms with E-state index in [0.29, 0.717) is 0 Å². The highest BCUT2D eigenvalue weighted by molar-refractivity contribution is 9.10. The van der Waals surface area contributed by atoms with E-state index in [-0.39, 0.29) is 0 Å². The molecular formula is C14H22BrN. The number of aryl methyl sites for hydroxylation is 1.